The van der Waals surface area contributed by atoms with Gasteiger partial charge in [-0.2, -0.15) is 17.0 Å². The molecule has 2 fully saturated rings. The second kappa shape index (κ2) is 7.38. The fourth-order valence-electron chi connectivity index (χ4n) is 3.30. The summed E-state index contributed by atoms with van der Waals surface area (Å²) in [6.45, 7) is 3.71. The van der Waals surface area contributed by atoms with E-state index < -0.39 is 10.2 Å². The number of para-hydroxylation sites is 1. The molecule has 23 heavy (non-hydrogen) atoms. The van der Waals surface area contributed by atoms with E-state index in [0.717, 1.165) is 36.4 Å². The number of benzene rings is 1. The fourth-order valence-corrected chi connectivity index (χ4v) is 5.23. The van der Waals surface area contributed by atoms with E-state index in [0.29, 0.717) is 39.3 Å². The molecule has 1 aromatic rings. The first-order chi connectivity index (χ1) is 11.1. The summed E-state index contributed by atoms with van der Waals surface area (Å²) in [6.07, 6.45) is 4.20. The van der Waals surface area contributed by atoms with Crippen LogP contribution in [0.5, 0.6) is 0 Å². The van der Waals surface area contributed by atoms with Gasteiger partial charge in [0.15, 0.2) is 0 Å². The average molecular weight is 358 g/mol. The Morgan fingerprint density at radius 2 is 1.35 bits per heavy atom. The number of hydrogen-bond acceptors (Lipinski definition) is 3. The summed E-state index contributed by atoms with van der Waals surface area (Å²) in [5.74, 6) is 0. The van der Waals surface area contributed by atoms with Crippen LogP contribution in [0.3, 0.4) is 0 Å². The third-order valence-corrected chi connectivity index (χ3v) is 7.00. The maximum atomic E-state index is 12.8. The smallest absolute Gasteiger partial charge is 0.282 e. The average Bonchev–Trinajstić information content (AvgIpc) is 2.85. The highest BCUT2D eigenvalue weighted by molar-refractivity contribution is 7.86. The summed E-state index contributed by atoms with van der Waals surface area (Å²) in [5.41, 5.74) is 0.987. The lowest BCUT2D eigenvalue weighted by atomic mass is 10.2. The Hall–Kier alpha value is -0.820. The van der Waals surface area contributed by atoms with E-state index in [1.54, 1.807) is 8.61 Å². The SMILES string of the molecule is O=S(=O)(N1CCCCCC1)N1CCN(c2ccccc2Cl)CC1. The molecule has 0 N–H and O–H groups in total. The molecule has 2 aliphatic heterocycles. The van der Waals surface area contributed by atoms with E-state index in [2.05, 4.69) is 4.90 Å². The van der Waals surface area contributed by atoms with Gasteiger partial charge in [0.25, 0.3) is 10.2 Å². The number of anilines is 1. The molecule has 0 aromatic heterocycles. The standard InChI is InChI=1S/C16H24ClN3O2S/c17-15-7-3-4-8-16(15)18-11-13-20(14-12-18)23(21,22)19-9-5-1-2-6-10-19/h3-4,7-8H,1-2,5-6,9-14H2. The molecular formula is C16H24ClN3O2S. The predicted molar refractivity (Wildman–Crippen MR) is 94.2 cm³/mol. The molecule has 0 radical (unpaired) electrons. The topological polar surface area (TPSA) is 43.9 Å². The molecule has 0 aliphatic carbocycles. The van der Waals surface area contributed by atoms with Gasteiger partial charge in [-0.1, -0.05) is 36.6 Å². The molecule has 3 rings (SSSR count). The Bertz CT molecular complexity index is 622. The van der Waals surface area contributed by atoms with Crippen LogP contribution in [0.15, 0.2) is 24.3 Å². The summed E-state index contributed by atoms with van der Waals surface area (Å²) >= 11 is 6.24. The van der Waals surface area contributed by atoms with Crippen molar-refractivity contribution in [2.24, 2.45) is 0 Å². The van der Waals surface area contributed by atoms with Crippen LogP contribution in [-0.4, -0.2) is 56.3 Å². The largest absolute Gasteiger partial charge is 0.368 e. The Kier molecular flexibility index (Phi) is 5.46. The van der Waals surface area contributed by atoms with Crippen molar-refractivity contribution in [3.8, 4) is 0 Å². The van der Waals surface area contributed by atoms with Crippen LogP contribution in [-0.2, 0) is 10.2 Å². The van der Waals surface area contributed by atoms with Gasteiger partial charge < -0.3 is 4.90 Å². The molecule has 2 saturated heterocycles. The number of rotatable bonds is 3. The molecule has 2 aliphatic rings. The summed E-state index contributed by atoms with van der Waals surface area (Å²) in [6, 6.07) is 7.73. The predicted octanol–water partition coefficient (Wildman–Crippen LogP) is 2.58. The molecule has 0 spiro atoms. The summed E-state index contributed by atoms with van der Waals surface area (Å²) < 4.78 is 28.9. The Labute approximate surface area is 144 Å². The molecule has 7 heteroatoms. The van der Waals surface area contributed by atoms with E-state index in [4.69, 9.17) is 11.6 Å². The molecule has 0 unspecified atom stereocenters. The van der Waals surface area contributed by atoms with Crippen LogP contribution < -0.4 is 4.90 Å². The highest BCUT2D eigenvalue weighted by Gasteiger charge is 2.32. The van der Waals surface area contributed by atoms with Gasteiger partial charge in [0, 0.05) is 39.3 Å². The molecule has 0 atom stereocenters. The molecular weight excluding hydrogens is 334 g/mol. The van der Waals surface area contributed by atoms with E-state index in [-0.39, 0.29) is 0 Å². The zero-order valence-electron chi connectivity index (χ0n) is 13.3. The van der Waals surface area contributed by atoms with Crippen LogP contribution in [0.25, 0.3) is 0 Å². The van der Waals surface area contributed by atoms with Gasteiger partial charge in [-0.25, -0.2) is 0 Å². The highest BCUT2D eigenvalue weighted by Crippen LogP contribution is 2.27. The van der Waals surface area contributed by atoms with E-state index in [9.17, 15) is 8.42 Å². The van der Waals surface area contributed by atoms with Crippen LogP contribution in [0.4, 0.5) is 5.69 Å². The minimum Gasteiger partial charge on any atom is -0.368 e. The Morgan fingerprint density at radius 1 is 0.783 bits per heavy atom. The first-order valence-corrected chi connectivity index (χ1v) is 10.1. The lowest BCUT2D eigenvalue weighted by Crippen LogP contribution is -2.53. The summed E-state index contributed by atoms with van der Waals surface area (Å²) in [4.78, 5) is 2.16. The molecule has 2 heterocycles. The third kappa shape index (κ3) is 3.82. The van der Waals surface area contributed by atoms with Crippen LogP contribution in [0.1, 0.15) is 25.7 Å². The van der Waals surface area contributed by atoms with Crippen LogP contribution in [0.2, 0.25) is 5.02 Å². The number of hydrogen-bond donors (Lipinski definition) is 0. The van der Waals surface area contributed by atoms with Crippen molar-refractivity contribution in [1.29, 1.82) is 0 Å². The molecule has 128 valence electrons. The zero-order valence-corrected chi connectivity index (χ0v) is 14.9. The lowest BCUT2D eigenvalue weighted by Gasteiger charge is -2.37. The highest BCUT2D eigenvalue weighted by atomic mass is 35.5. The van der Waals surface area contributed by atoms with Crippen molar-refractivity contribution >= 4 is 27.5 Å². The minimum atomic E-state index is -3.32. The lowest BCUT2D eigenvalue weighted by molar-refractivity contribution is 0.327. The van der Waals surface area contributed by atoms with Crippen molar-refractivity contribution in [2.45, 2.75) is 25.7 Å². The van der Waals surface area contributed by atoms with Gasteiger partial charge in [0.2, 0.25) is 0 Å². The quantitative estimate of drug-likeness (QED) is 0.835. The van der Waals surface area contributed by atoms with Crippen LogP contribution in [0, 0.1) is 0 Å². The van der Waals surface area contributed by atoms with Crippen molar-refractivity contribution in [2.75, 3.05) is 44.2 Å². The van der Waals surface area contributed by atoms with E-state index in [1.807, 2.05) is 24.3 Å². The Morgan fingerprint density at radius 3 is 1.96 bits per heavy atom. The molecule has 0 bridgehead atoms. The van der Waals surface area contributed by atoms with Gasteiger partial charge >= 0.3 is 0 Å². The van der Waals surface area contributed by atoms with Crippen molar-refractivity contribution in [3.63, 3.8) is 0 Å². The maximum Gasteiger partial charge on any atom is 0.282 e. The van der Waals surface area contributed by atoms with Crippen molar-refractivity contribution in [1.82, 2.24) is 8.61 Å². The van der Waals surface area contributed by atoms with Gasteiger partial charge in [0.05, 0.1) is 10.7 Å². The van der Waals surface area contributed by atoms with E-state index >= 15 is 0 Å². The first kappa shape index (κ1) is 17.0. The fraction of sp³-hybridized carbons (Fsp3) is 0.625. The maximum absolute atomic E-state index is 12.8. The minimum absolute atomic E-state index is 0.518. The number of nitrogens with zero attached hydrogens (tertiary/aromatic N) is 3. The number of piperazine rings is 1. The van der Waals surface area contributed by atoms with Gasteiger partial charge in [0.1, 0.15) is 0 Å². The van der Waals surface area contributed by atoms with Crippen LogP contribution >= 0.6 is 11.6 Å². The van der Waals surface area contributed by atoms with Gasteiger partial charge in [-0.3, -0.25) is 0 Å². The monoisotopic (exact) mass is 357 g/mol. The molecule has 0 amide bonds. The van der Waals surface area contributed by atoms with E-state index in [1.165, 1.54) is 0 Å². The normalized spacial score (nSPS) is 22.0. The zero-order chi connectivity index (χ0) is 16.3. The summed E-state index contributed by atoms with van der Waals surface area (Å²) in [7, 11) is -3.32. The molecule has 0 saturated carbocycles. The summed E-state index contributed by atoms with van der Waals surface area (Å²) in [5, 5.41) is 0.719. The van der Waals surface area contributed by atoms with Crippen molar-refractivity contribution < 1.29 is 8.42 Å². The first-order valence-electron chi connectivity index (χ1n) is 8.34. The third-order valence-electron chi connectivity index (χ3n) is 4.65. The van der Waals surface area contributed by atoms with Crippen molar-refractivity contribution in [3.05, 3.63) is 29.3 Å². The Balaban J connectivity index is 1.65. The van der Waals surface area contributed by atoms with Gasteiger partial charge in [-0.05, 0) is 25.0 Å². The second-order valence-electron chi connectivity index (χ2n) is 6.16. The molecule has 1 aromatic carbocycles. The number of halogens is 1. The second-order valence-corrected chi connectivity index (χ2v) is 8.49. The molecule has 5 nitrogen and oxygen atoms in total. The van der Waals surface area contributed by atoms with Gasteiger partial charge in [-0.15, -0.1) is 0 Å².